The molecule has 2 rings (SSSR count). The number of amides is 1. The second-order valence-electron chi connectivity index (χ2n) is 6.24. The Kier molecular flexibility index (Phi) is 4.81. The Bertz CT molecular complexity index is 376. The molecule has 0 radical (unpaired) electrons. The van der Waals surface area contributed by atoms with Crippen LogP contribution in [0.2, 0.25) is 0 Å². The molecule has 1 fully saturated rings. The first-order chi connectivity index (χ1) is 9.06. The van der Waals surface area contributed by atoms with Gasteiger partial charge in [0.05, 0.1) is 6.04 Å². The van der Waals surface area contributed by atoms with Gasteiger partial charge < -0.3 is 11.1 Å². The van der Waals surface area contributed by atoms with Crippen molar-refractivity contribution in [2.45, 2.75) is 58.0 Å². The van der Waals surface area contributed by atoms with E-state index in [2.05, 4.69) is 23.5 Å². The van der Waals surface area contributed by atoms with Gasteiger partial charge in [-0.15, -0.1) is 0 Å². The summed E-state index contributed by atoms with van der Waals surface area (Å²) in [5.41, 5.74) is 7.35. The van der Waals surface area contributed by atoms with Gasteiger partial charge >= 0.3 is 0 Å². The lowest BCUT2D eigenvalue weighted by Gasteiger charge is -2.29. The fourth-order valence-electron chi connectivity index (χ4n) is 2.71. The molecule has 19 heavy (non-hydrogen) atoms. The topological polar surface area (TPSA) is 55.1 Å². The third-order valence-electron chi connectivity index (χ3n) is 4.27. The summed E-state index contributed by atoms with van der Waals surface area (Å²) >= 11 is 0. The van der Waals surface area contributed by atoms with E-state index in [1.807, 2.05) is 13.8 Å². The number of allylic oxidation sites excluding steroid dienone is 4. The molecule has 0 saturated heterocycles. The van der Waals surface area contributed by atoms with Crippen LogP contribution in [0.3, 0.4) is 0 Å². The number of carbonyl (C=O) groups excluding carboxylic acids is 1. The number of hydrogen-bond donors (Lipinski definition) is 2. The van der Waals surface area contributed by atoms with Crippen LogP contribution in [0.1, 0.15) is 46.0 Å². The Labute approximate surface area is 116 Å². The third kappa shape index (κ3) is 3.93. The Morgan fingerprint density at radius 2 is 2.00 bits per heavy atom. The van der Waals surface area contributed by atoms with Gasteiger partial charge in [0.15, 0.2) is 0 Å². The quantitative estimate of drug-likeness (QED) is 0.818. The standard InChI is InChI=1S/C16H26N2O/c1-11(2)15(17)16(19)18-14-8-6-13(7-9-14)10-12-4-3-5-12/h3-4,10-11,13-15H,5-9,17H2,1-2H3,(H,18,19)/b12-10+/t13?,14?,15-/m1/s1. The van der Waals surface area contributed by atoms with Gasteiger partial charge in [-0.05, 0) is 49.5 Å². The van der Waals surface area contributed by atoms with Crippen LogP contribution in [-0.4, -0.2) is 18.0 Å². The van der Waals surface area contributed by atoms with Crippen LogP contribution in [0.15, 0.2) is 23.8 Å². The van der Waals surface area contributed by atoms with Crippen LogP contribution in [0.25, 0.3) is 0 Å². The zero-order valence-electron chi connectivity index (χ0n) is 12.1. The molecule has 106 valence electrons. The van der Waals surface area contributed by atoms with E-state index in [1.54, 1.807) is 0 Å². The Hall–Kier alpha value is -1.09. The molecule has 1 saturated carbocycles. The molecule has 0 aromatic carbocycles. The Balaban J connectivity index is 1.74. The number of hydrogen-bond acceptors (Lipinski definition) is 2. The van der Waals surface area contributed by atoms with E-state index < -0.39 is 0 Å². The van der Waals surface area contributed by atoms with Crippen LogP contribution in [-0.2, 0) is 4.79 Å². The van der Waals surface area contributed by atoms with Crippen LogP contribution in [0.5, 0.6) is 0 Å². The molecule has 3 nitrogen and oxygen atoms in total. The molecule has 1 amide bonds. The normalized spacial score (nSPS) is 30.2. The van der Waals surface area contributed by atoms with E-state index in [1.165, 1.54) is 18.4 Å². The fraction of sp³-hybridized carbons (Fsp3) is 0.688. The molecule has 0 aliphatic heterocycles. The predicted octanol–water partition coefficient (Wildman–Crippen LogP) is 2.53. The summed E-state index contributed by atoms with van der Waals surface area (Å²) in [6.07, 6.45) is 12.5. The summed E-state index contributed by atoms with van der Waals surface area (Å²) in [5.74, 6) is 0.914. The van der Waals surface area contributed by atoms with Gasteiger partial charge in [0.25, 0.3) is 0 Å². The van der Waals surface area contributed by atoms with Crippen LogP contribution in [0.4, 0.5) is 0 Å². The van der Waals surface area contributed by atoms with Gasteiger partial charge in [-0.25, -0.2) is 0 Å². The van der Waals surface area contributed by atoms with Crippen LogP contribution >= 0.6 is 0 Å². The number of carbonyl (C=O) groups is 1. The highest BCUT2D eigenvalue weighted by atomic mass is 16.2. The third-order valence-corrected chi connectivity index (χ3v) is 4.27. The molecule has 1 atom stereocenters. The van der Waals surface area contributed by atoms with E-state index in [-0.39, 0.29) is 17.9 Å². The van der Waals surface area contributed by atoms with Crippen molar-refractivity contribution >= 4 is 5.91 Å². The zero-order chi connectivity index (χ0) is 13.8. The molecule has 3 heteroatoms. The average Bonchev–Trinajstić information content (AvgIpc) is 2.34. The van der Waals surface area contributed by atoms with E-state index in [0.29, 0.717) is 12.0 Å². The van der Waals surface area contributed by atoms with Gasteiger partial charge in [0.2, 0.25) is 5.91 Å². The molecule has 0 bridgehead atoms. The zero-order valence-corrected chi connectivity index (χ0v) is 12.1. The number of nitrogens with two attached hydrogens (primary N) is 1. The monoisotopic (exact) mass is 262 g/mol. The lowest BCUT2D eigenvalue weighted by atomic mass is 9.83. The van der Waals surface area contributed by atoms with Crippen molar-refractivity contribution in [1.82, 2.24) is 5.32 Å². The van der Waals surface area contributed by atoms with Crippen molar-refractivity contribution in [2.75, 3.05) is 0 Å². The molecular weight excluding hydrogens is 236 g/mol. The summed E-state index contributed by atoms with van der Waals surface area (Å²) in [6, 6.07) is -0.0520. The second kappa shape index (κ2) is 6.38. The molecule has 0 heterocycles. The Morgan fingerprint density at radius 3 is 2.47 bits per heavy atom. The van der Waals surface area contributed by atoms with Gasteiger partial charge in [-0.2, -0.15) is 0 Å². The molecule has 0 unspecified atom stereocenters. The average molecular weight is 262 g/mol. The fourth-order valence-corrected chi connectivity index (χ4v) is 2.71. The molecule has 0 spiro atoms. The summed E-state index contributed by atoms with van der Waals surface area (Å²) in [5, 5.41) is 3.10. The highest BCUT2D eigenvalue weighted by Gasteiger charge is 2.24. The maximum Gasteiger partial charge on any atom is 0.237 e. The maximum atomic E-state index is 11.9. The van der Waals surface area contributed by atoms with Gasteiger partial charge in [0, 0.05) is 6.04 Å². The lowest BCUT2D eigenvalue weighted by molar-refractivity contribution is -0.124. The van der Waals surface area contributed by atoms with Crippen molar-refractivity contribution in [3.63, 3.8) is 0 Å². The van der Waals surface area contributed by atoms with Gasteiger partial charge in [-0.3, -0.25) is 4.79 Å². The van der Waals surface area contributed by atoms with Crippen molar-refractivity contribution in [3.05, 3.63) is 23.8 Å². The molecule has 2 aliphatic carbocycles. The lowest BCUT2D eigenvalue weighted by Crippen LogP contribution is -2.48. The molecular formula is C16H26N2O. The predicted molar refractivity (Wildman–Crippen MR) is 78.5 cm³/mol. The molecule has 0 aromatic rings. The SMILES string of the molecule is CC(C)[C@@H](N)C(=O)NC1CCC(/C=C2\C=CC2)CC1. The number of rotatable bonds is 4. The minimum Gasteiger partial charge on any atom is -0.352 e. The summed E-state index contributed by atoms with van der Waals surface area (Å²) in [7, 11) is 0. The van der Waals surface area contributed by atoms with Gasteiger partial charge in [-0.1, -0.05) is 32.1 Å². The second-order valence-corrected chi connectivity index (χ2v) is 6.24. The first-order valence-corrected chi connectivity index (χ1v) is 7.49. The largest absolute Gasteiger partial charge is 0.352 e. The smallest absolute Gasteiger partial charge is 0.237 e. The van der Waals surface area contributed by atoms with Gasteiger partial charge in [0.1, 0.15) is 0 Å². The van der Waals surface area contributed by atoms with Crippen molar-refractivity contribution in [1.29, 1.82) is 0 Å². The number of nitrogens with one attached hydrogen (secondary N) is 1. The minimum absolute atomic E-state index is 0.0127. The maximum absolute atomic E-state index is 11.9. The molecule has 0 aromatic heterocycles. The first-order valence-electron chi connectivity index (χ1n) is 7.49. The van der Waals surface area contributed by atoms with E-state index >= 15 is 0 Å². The van der Waals surface area contributed by atoms with Crippen LogP contribution < -0.4 is 11.1 Å². The summed E-state index contributed by atoms with van der Waals surface area (Å²) in [6.45, 7) is 3.97. The van der Waals surface area contributed by atoms with Crippen molar-refractivity contribution < 1.29 is 4.79 Å². The highest BCUT2D eigenvalue weighted by molar-refractivity contribution is 5.82. The molecule has 3 N–H and O–H groups in total. The van der Waals surface area contributed by atoms with E-state index in [9.17, 15) is 4.79 Å². The van der Waals surface area contributed by atoms with Crippen LogP contribution in [0, 0.1) is 11.8 Å². The minimum atomic E-state index is -0.375. The van der Waals surface area contributed by atoms with E-state index in [0.717, 1.165) is 19.3 Å². The first kappa shape index (κ1) is 14.3. The summed E-state index contributed by atoms with van der Waals surface area (Å²) < 4.78 is 0. The molecule has 2 aliphatic rings. The Morgan fingerprint density at radius 1 is 1.37 bits per heavy atom. The highest BCUT2D eigenvalue weighted by Crippen LogP contribution is 2.28. The van der Waals surface area contributed by atoms with E-state index in [4.69, 9.17) is 5.73 Å². The van der Waals surface area contributed by atoms with Crippen molar-refractivity contribution in [3.8, 4) is 0 Å². The van der Waals surface area contributed by atoms with Crippen molar-refractivity contribution in [2.24, 2.45) is 17.6 Å². The summed E-state index contributed by atoms with van der Waals surface area (Å²) in [4.78, 5) is 11.9.